The second-order valence-electron chi connectivity index (χ2n) is 6.49. The molecule has 0 unspecified atom stereocenters. The van der Waals surface area contributed by atoms with Gasteiger partial charge in [-0.05, 0) is 55.5 Å². The van der Waals surface area contributed by atoms with E-state index in [0.29, 0.717) is 18.4 Å². The Labute approximate surface area is 183 Å². The molecule has 0 fully saturated rings. The highest BCUT2D eigenvalue weighted by molar-refractivity contribution is 7.89. The van der Waals surface area contributed by atoms with Crippen molar-refractivity contribution in [2.24, 2.45) is 0 Å². The molecule has 7 nitrogen and oxygen atoms in total. The third kappa shape index (κ3) is 6.17. The molecule has 0 spiro atoms. The maximum Gasteiger partial charge on any atom is 0.416 e. The SMILES string of the molecule is CCOc1ccc(-c2ccc(OCCNS(=O)(=O)c3cccc(C(F)(F)F)c3)nn2)cc1. The van der Waals surface area contributed by atoms with E-state index in [1.807, 2.05) is 31.2 Å². The standard InChI is InChI=1S/C21H20F3N3O4S/c1-2-30-17-8-6-15(7-9-17)19-10-11-20(27-26-19)31-13-12-25-32(28,29)18-5-3-4-16(14-18)21(22,23)24/h3-11,14,25H,2,12-13H2,1H3. The summed E-state index contributed by atoms with van der Waals surface area (Å²) in [4.78, 5) is -0.480. The van der Waals surface area contributed by atoms with Crippen LogP contribution >= 0.6 is 0 Å². The minimum atomic E-state index is -4.63. The van der Waals surface area contributed by atoms with Crippen LogP contribution in [0, 0.1) is 0 Å². The van der Waals surface area contributed by atoms with Gasteiger partial charge in [-0.2, -0.15) is 13.2 Å². The number of nitrogens with zero attached hydrogens (tertiary/aromatic N) is 2. The molecule has 0 bridgehead atoms. The summed E-state index contributed by atoms with van der Waals surface area (Å²) in [6, 6.07) is 14.1. The zero-order valence-electron chi connectivity index (χ0n) is 17.0. The van der Waals surface area contributed by atoms with Crippen LogP contribution in [0.2, 0.25) is 0 Å². The fourth-order valence-corrected chi connectivity index (χ4v) is 3.75. The van der Waals surface area contributed by atoms with Gasteiger partial charge in [0.2, 0.25) is 15.9 Å². The number of ether oxygens (including phenoxy) is 2. The van der Waals surface area contributed by atoms with Gasteiger partial charge < -0.3 is 9.47 Å². The van der Waals surface area contributed by atoms with Gasteiger partial charge in [0.1, 0.15) is 12.4 Å². The lowest BCUT2D eigenvalue weighted by molar-refractivity contribution is -0.137. The highest BCUT2D eigenvalue weighted by Crippen LogP contribution is 2.30. The molecule has 32 heavy (non-hydrogen) atoms. The zero-order valence-corrected chi connectivity index (χ0v) is 17.8. The summed E-state index contributed by atoms with van der Waals surface area (Å²) < 4.78 is 75.7. The van der Waals surface area contributed by atoms with Crippen molar-refractivity contribution in [1.82, 2.24) is 14.9 Å². The molecule has 3 aromatic rings. The van der Waals surface area contributed by atoms with E-state index < -0.39 is 26.7 Å². The molecule has 3 rings (SSSR count). The van der Waals surface area contributed by atoms with E-state index in [4.69, 9.17) is 9.47 Å². The molecule has 1 aromatic heterocycles. The number of alkyl halides is 3. The number of nitrogens with one attached hydrogen (secondary N) is 1. The van der Waals surface area contributed by atoms with Crippen LogP contribution in [0.25, 0.3) is 11.3 Å². The summed E-state index contributed by atoms with van der Waals surface area (Å²) in [5, 5.41) is 8.01. The van der Waals surface area contributed by atoms with E-state index in [1.54, 1.807) is 12.1 Å². The molecule has 0 radical (unpaired) electrons. The quantitative estimate of drug-likeness (QED) is 0.480. The predicted octanol–water partition coefficient (Wildman–Crippen LogP) is 3.92. The summed E-state index contributed by atoms with van der Waals surface area (Å²) >= 11 is 0. The molecule has 0 aliphatic carbocycles. The third-order valence-corrected chi connectivity index (χ3v) is 5.68. The van der Waals surface area contributed by atoms with E-state index in [1.165, 1.54) is 0 Å². The lowest BCUT2D eigenvalue weighted by Crippen LogP contribution is -2.28. The number of halogens is 3. The molecule has 170 valence electrons. The molecular formula is C21H20F3N3O4S. The Morgan fingerprint density at radius 2 is 1.72 bits per heavy atom. The zero-order chi connectivity index (χ0) is 23.2. The Balaban J connectivity index is 1.53. The van der Waals surface area contributed by atoms with Crippen LogP contribution in [0.3, 0.4) is 0 Å². The van der Waals surface area contributed by atoms with Crippen molar-refractivity contribution < 1.29 is 31.1 Å². The first-order chi connectivity index (χ1) is 15.2. The van der Waals surface area contributed by atoms with Gasteiger partial charge >= 0.3 is 6.18 Å². The van der Waals surface area contributed by atoms with Gasteiger partial charge in [-0.15, -0.1) is 10.2 Å². The number of aromatic nitrogens is 2. The van der Waals surface area contributed by atoms with Gasteiger partial charge in [0.25, 0.3) is 0 Å². The van der Waals surface area contributed by atoms with Crippen LogP contribution in [0.15, 0.2) is 65.6 Å². The Hall–Kier alpha value is -3.18. The molecule has 11 heteroatoms. The van der Waals surface area contributed by atoms with Crippen molar-refractivity contribution in [3.05, 3.63) is 66.2 Å². The first-order valence-corrected chi connectivity index (χ1v) is 11.0. The Morgan fingerprint density at radius 3 is 2.34 bits per heavy atom. The van der Waals surface area contributed by atoms with Crippen LogP contribution in [0.5, 0.6) is 11.6 Å². The van der Waals surface area contributed by atoms with Crippen LogP contribution in [0.4, 0.5) is 13.2 Å². The summed E-state index contributed by atoms with van der Waals surface area (Å²) in [6.45, 7) is 2.21. The largest absolute Gasteiger partial charge is 0.494 e. The van der Waals surface area contributed by atoms with Crippen molar-refractivity contribution in [2.75, 3.05) is 19.8 Å². The molecule has 0 saturated heterocycles. The highest BCUT2D eigenvalue weighted by atomic mass is 32.2. The lowest BCUT2D eigenvalue weighted by Gasteiger charge is -2.11. The fourth-order valence-electron chi connectivity index (χ4n) is 2.69. The number of benzene rings is 2. The average molecular weight is 467 g/mol. The lowest BCUT2D eigenvalue weighted by atomic mass is 10.1. The minimum absolute atomic E-state index is 0.0880. The molecule has 1 heterocycles. The first-order valence-electron chi connectivity index (χ1n) is 9.56. The van der Waals surface area contributed by atoms with Gasteiger partial charge in [0.15, 0.2) is 0 Å². The molecule has 0 aliphatic rings. The molecule has 0 atom stereocenters. The van der Waals surface area contributed by atoms with Crippen molar-refractivity contribution in [3.63, 3.8) is 0 Å². The predicted molar refractivity (Wildman–Crippen MR) is 111 cm³/mol. The molecule has 2 aromatic carbocycles. The van der Waals surface area contributed by atoms with Crippen LogP contribution in [-0.4, -0.2) is 38.4 Å². The molecular weight excluding hydrogens is 447 g/mol. The van der Waals surface area contributed by atoms with Crippen LogP contribution in [-0.2, 0) is 16.2 Å². The van der Waals surface area contributed by atoms with Gasteiger partial charge in [-0.3, -0.25) is 0 Å². The van der Waals surface area contributed by atoms with Gasteiger partial charge in [0.05, 0.1) is 22.8 Å². The number of rotatable bonds is 9. The second-order valence-corrected chi connectivity index (χ2v) is 8.25. The Morgan fingerprint density at radius 1 is 0.969 bits per heavy atom. The van der Waals surface area contributed by atoms with Crippen LogP contribution in [0.1, 0.15) is 12.5 Å². The van der Waals surface area contributed by atoms with E-state index in [0.717, 1.165) is 29.5 Å². The third-order valence-electron chi connectivity index (χ3n) is 4.22. The maximum absolute atomic E-state index is 12.8. The number of hydrogen-bond donors (Lipinski definition) is 1. The smallest absolute Gasteiger partial charge is 0.416 e. The van der Waals surface area contributed by atoms with Gasteiger partial charge in [0, 0.05) is 18.2 Å². The van der Waals surface area contributed by atoms with E-state index in [-0.39, 0.29) is 19.0 Å². The Kier molecular flexibility index (Phi) is 7.31. The molecule has 0 saturated carbocycles. The Bertz CT molecular complexity index is 1140. The van der Waals surface area contributed by atoms with E-state index in [2.05, 4.69) is 14.9 Å². The monoisotopic (exact) mass is 467 g/mol. The molecule has 0 amide bonds. The highest BCUT2D eigenvalue weighted by Gasteiger charge is 2.31. The topological polar surface area (TPSA) is 90.4 Å². The van der Waals surface area contributed by atoms with Crippen molar-refractivity contribution >= 4 is 10.0 Å². The van der Waals surface area contributed by atoms with Gasteiger partial charge in [-0.1, -0.05) is 6.07 Å². The van der Waals surface area contributed by atoms with Gasteiger partial charge in [-0.25, -0.2) is 13.1 Å². The van der Waals surface area contributed by atoms with Crippen molar-refractivity contribution in [3.8, 4) is 22.9 Å². The van der Waals surface area contributed by atoms with Crippen LogP contribution < -0.4 is 14.2 Å². The van der Waals surface area contributed by atoms with Crippen molar-refractivity contribution in [2.45, 2.75) is 18.0 Å². The van der Waals surface area contributed by atoms with E-state index >= 15 is 0 Å². The second kappa shape index (κ2) is 9.96. The summed E-state index contributed by atoms with van der Waals surface area (Å²) in [6.07, 6.45) is -4.63. The number of sulfonamides is 1. The summed E-state index contributed by atoms with van der Waals surface area (Å²) in [5.41, 5.74) is 0.409. The minimum Gasteiger partial charge on any atom is -0.494 e. The number of hydrogen-bond acceptors (Lipinski definition) is 6. The first kappa shape index (κ1) is 23.5. The fraction of sp³-hybridized carbons (Fsp3) is 0.238. The summed E-state index contributed by atoms with van der Waals surface area (Å²) in [7, 11) is -4.12. The summed E-state index contributed by atoms with van der Waals surface area (Å²) in [5.74, 6) is 0.926. The van der Waals surface area contributed by atoms with Crippen molar-refractivity contribution in [1.29, 1.82) is 0 Å². The average Bonchev–Trinajstić information content (AvgIpc) is 2.77. The normalized spacial score (nSPS) is 11.9. The molecule has 1 N–H and O–H groups in total. The molecule has 0 aliphatic heterocycles. The van der Waals surface area contributed by atoms with E-state index in [9.17, 15) is 21.6 Å². The maximum atomic E-state index is 12.8.